The minimum Gasteiger partial charge on any atom is -0.329 e. The van der Waals surface area contributed by atoms with Crippen molar-refractivity contribution in [2.24, 2.45) is 11.7 Å². The lowest BCUT2D eigenvalue weighted by Gasteiger charge is -2.42. The van der Waals surface area contributed by atoms with E-state index in [2.05, 4.69) is 42.6 Å². The van der Waals surface area contributed by atoms with Crippen LogP contribution in [0.1, 0.15) is 26.7 Å². The molecule has 0 aromatic rings. The zero-order valence-corrected chi connectivity index (χ0v) is 13.4. The third-order valence-corrected chi connectivity index (χ3v) is 4.57. The minimum absolute atomic E-state index is 0.589. The van der Waals surface area contributed by atoms with Crippen molar-refractivity contribution in [1.82, 2.24) is 14.7 Å². The van der Waals surface area contributed by atoms with Crippen LogP contribution in [-0.4, -0.2) is 80.7 Å². The summed E-state index contributed by atoms with van der Waals surface area (Å²) in [5.74, 6) is 0.762. The summed E-state index contributed by atoms with van der Waals surface area (Å²) >= 11 is 0. The Morgan fingerprint density at radius 3 is 2.05 bits per heavy atom. The van der Waals surface area contributed by atoms with E-state index in [0.29, 0.717) is 6.04 Å². The van der Waals surface area contributed by atoms with Crippen LogP contribution in [0.15, 0.2) is 0 Å². The molecule has 1 aliphatic heterocycles. The molecule has 114 valence electrons. The van der Waals surface area contributed by atoms with Crippen LogP contribution in [0.4, 0.5) is 0 Å². The van der Waals surface area contributed by atoms with Crippen molar-refractivity contribution >= 4 is 0 Å². The van der Waals surface area contributed by atoms with Gasteiger partial charge in [0.25, 0.3) is 0 Å². The fourth-order valence-electron chi connectivity index (χ4n) is 3.13. The van der Waals surface area contributed by atoms with Gasteiger partial charge in [-0.1, -0.05) is 26.7 Å². The molecule has 19 heavy (non-hydrogen) atoms. The summed E-state index contributed by atoms with van der Waals surface area (Å²) in [7, 11) is 4.29. The highest BCUT2D eigenvalue weighted by Crippen LogP contribution is 2.19. The van der Waals surface area contributed by atoms with Gasteiger partial charge >= 0.3 is 0 Å². The Morgan fingerprint density at radius 1 is 1.05 bits per heavy atom. The van der Waals surface area contributed by atoms with E-state index in [9.17, 15) is 0 Å². The second-order valence-electron chi connectivity index (χ2n) is 6.06. The molecule has 0 bridgehead atoms. The third kappa shape index (κ3) is 5.38. The highest BCUT2D eigenvalue weighted by molar-refractivity contribution is 4.83. The molecule has 1 heterocycles. The fraction of sp³-hybridized carbons (Fsp3) is 1.00. The molecule has 0 saturated carbocycles. The highest BCUT2D eigenvalue weighted by Gasteiger charge is 2.27. The van der Waals surface area contributed by atoms with Gasteiger partial charge in [0.05, 0.1) is 0 Å². The molecule has 0 aromatic carbocycles. The van der Waals surface area contributed by atoms with Crippen LogP contribution in [-0.2, 0) is 0 Å². The number of piperazine rings is 1. The number of nitrogens with zero attached hydrogens (tertiary/aromatic N) is 3. The molecule has 1 rings (SSSR count). The largest absolute Gasteiger partial charge is 0.329 e. The topological polar surface area (TPSA) is 35.7 Å². The Balaban J connectivity index is 2.38. The lowest BCUT2D eigenvalue weighted by atomic mass is 9.92. The van der Waals surface area contributed by atoms with Crippen molar-refractivity contribution in [2.45, 2.75) is 32.7 Å². The Hall–Kier alpha value is -0.160. The standard InChI is InChI=1S/C15H34N4/c1-5-14(6-2)15(13-16)19-11-9-18(10-12-19)8-7-17(3)4/h14-15H,5-13,16H2,1-4H3. The molecular formula is C15H34N4. The molecule has 0 aromatic heterocycles. The maximum atomic E-state index is 6.03. The van der Waals surface area contributed by atoms with E-state index in [1.165, 1.54) is 45.6 Å². The van der Waals surface area contributed by atoms with Gasteiger partial charge in [-0.3, -0.25) is 9.80 Å². The summed E-state index contributed by atoms with van der Waals surface area (Å²) in [6, 6.07) is 0.589. The smallest absolute Gasteiger partial charge is 0.0247 e. The molecule has 4 heteroatoms. The van der Waals surface area contributed by atoms with Gasteiger partial charge in [-0.25, -0.2) is 0 Å². The van der Waals surface area contributed by atoms with E-state index in [-0.39, 0.29) is 0 Å². The van der Waals surface area contributed by atoms with Crippen LogP contribution < -0.4 is 5.73 Å². The highest BCUT2D eigenvalue weighted by atomic mass is 15.3. The number of nitrogens with two attached hydrogens (primary N) is 1. The molecule has 1 aliphatic rings. The Kier molecular flexibility index (Phi) is 7.91. The summed E-state index contributed by atoms with van der Waals surface area (Å²) in [6.45, 7) is 12.5. The van der Waals surface area contributed by atoms with Crippen molar-refractivity contribution in [3.05, 3.63) is 0 Å². The maximum Gasteiger partial charge on any atom is 0.0247 e. The first-order chi connectivity index (χ1) is 9.12. The van der Waals surface area contributed by atoms with Crippen molar-refractivity contribution in [2.75, 3.05) is 59.9 Å². The summed E-state index contributed by atoms with van der Waals surface area (Å²) in [5.41, 5.74) is 6.03. The molecule has 0 amide bonds. The predicted molar refractivity (Wildman–Crippen MR) is 83.5 cm³/mol. The van der Waals surface area contributed by atoms with Gasteiger partial charge in [0, 0.05) is 51.9 Å². The summed E-state index contributed by atoms with van der Waals surface area (Å²) in [6.07, 6.45) is 2.50. The van der Waals surface area contributed by atoms with Gasteiger partial charge in [0.1, 0.15) is 0 Å². The molecule has 0 radical (unpaired) electrons. The SMILES string of the molecule is CCC(CC)C(CN)N1CCN(CCN(C)C)CC1. The first-order valence-corrected chi connectivity index (χ1v) is 7.93. The second kappa shape index (κ2) is 8.90. The third-order valence-electron chi connectivity index (χ3n) is 4.57. The van der Waals surface area contributed by atoms with Crippen LogP contribution in [0.5, 0.6) is 0 Å². The molecular weight excluding hydrogens is 236 g/mol. The zero-order valence-electron chi connectivity index (χ0n) is 13.4. The number of rotatable bonds is 8. The van der Waals surface area contributed by atoms with Crippen molar-refractivity contribution < 1.29 is 0 Å². The average Bonchev–Trinajstić information content (AvgIpc) is 2.43. The first-order valence-electron chi connectivity index (χ1n) is 7.93. The molecule has 0 spiro atoms. The number of hydrogen-bond acceptors (Lipinski definition) is 4. The van der Waals surface area contributed by atoms with Crippen molar-refractivity contribution in [3.8, 4) is 0 Å². The summed E-state index contributed by atoms with van der Waals surface area (Å²) in [4.78, 5) is 7.47. The summed E-state index contributed by atoms with van der Waals surface area (Å²) in [5, 5.41) is 0. The molecule has 1 saturated heterocycles. The molecule has 1 atom stereocenters. The molecule has 0 aliphatic carbocycles. The average molecular weight is 270 g/mol. The van der Waals surface area contributed by atoms with Gasteiger partial charge in [-0.2, -0.15) is 0 Å². The monoisotopic (exact) mass is 270 g/mol. The van der Waals surface area contributed by atoms with Crippen molar-refractivity contribution in [1.29, 1.82) is 0 Å². The minimum atomic E-state index is 0.589. The van der Waals surface area contributed by atoms with Crippen LogP contribution >= 0.6 is 0 Å². The number of likely N-dealkylation sites (N-methyl/N-ethyl adjacent to an activating group) is 1. The van der Waals surface area contributed by atoms with Gasteiger partial charge in [0.15, 0.2) is 0 Å². The van der Waals surface area contributed by atoms with E-state index in [1.807, 2.05) is 0 Å². The maximum absolute atomic E-state index is 6.03. The van der Waals surface area contributed by atoms with Crippen LogP contribution in [0, 0.1) is 5.92 Å². The normalized spacial score (nSPS) is 20.4. The van der Waals surface area contributed by atoms with Gasteiger partial charge in [-0.15, -0.1) is 0 Å². The molecule has 2 N–H and O–H groups in total. The van der Waals surface area contributed by atoms with Crippen LogP contribution in [0.25, 0.3) is 0 Å². The lowest BCUT2D eigenvalue weighted by molar-refractivity contribution is 0.0674. The van der Waals surface area contributed by atoms with E-state index < -0.39 is 0 Å². The zero-order chi connectivity index (χ0) is 14.3. The van der Waals surface area contributed by atoms with Gasteiger partial charge in [-0.05, 0) is 20.0 Å². The lowest BCUT2D eigenvalue weighted by Crippen LogP contribution is -2.55. The summed E-state index contributed by atoms with van der Waals surface area (Å²) < 4.78 is 0. The van der Waals surface area contributed by atoms with E-state index in [1.54, 1.807) is 0 Å². The van der Waals surface area contributed by atoms with Gasteiger partial charge in [0.2, 0.25) is 0 Å². The van der Waals surface area contributed by atoms with E-state index in [4.69, 9.17) is 5.73 Å². The molecule has 1 unspecified atom stereocenters. The second-order valence-corrected chi connectivity index (χ2v) is 6.06. The quantitative estimate of drug-likeness (QED) is 0.712. The number of hydrogen-bond donors (Lipinski definition) is 1. The fourth-order valence-corrected chi connectivity index (χ4v) is 3.13. The van der Waals surface area contributed by atoms with Crippen LogP contribution in [0.2, 0.25) is 0 Å². The Labute approximate surface area is 119 Å². The van der Waals surface area contributed by atoms with E-state index in [0.717, 1.165) is 19.0 Å². The van der Waals surface area contributed by atoms with Gasteiger partial charge < -0.3 is 10.6 Å². The molecule has 1 fully saturated rings. The first kappa shape index (κ1) is 16.9. The van der Waals surface area contributed by atoms with E-state index >= 15 is 0 Å². The predicted octanol–water partition coefficient (Wildman–Crippen LogP) is 0.929. The van der Waals surface area contributed by atoms with Crippen LogP contribution in [0.3, 0.4) is 0 Å². The molecule has 4 nitrogen and oxygen atoms in total. The Bertz CT molecular complexity index is 220. The Morgan fingerprint density at radius 2 is 1.63 bits per heavy atom. The van der Waals surface area contributed by atoms with Crippen molar-refractivity contribution in [3.63, 3.8) is 0 Å².